The third kappa shape index (κ3) is 4.70. The lowest BCUT2D eigenvalue weighted by Gasteiger charge is -2.24. The van der Waals surface area contributed by atoms with Gasteiger partial charge < -0.3 is 15.4 Å². The molecule has 0 heterocycles. The van der Waals surface area contributed by atoms with E-state index in [1.165, 1.54) is 0 Å². The summed E-state index contributed by atoms with van der Waals surface area (Å²) in [5.41, 5.74) is 3.28. The first kappa shape index (κ1) is 18.1. The molecule has 0 atom stereocenters. The zero-order chi connectivity index (χ0) is 18.4. The molecule has 0 bridgehead atoms. The van der Waals surface area contributed by atoms with Crippen LogP contribution in [0.25, 0.3) is 0 Å². The highest BCUT2D eigenvalue weighted by molar-refractivity contribution is 5.94. The Kier molecular flexibility index (Phi) is 6.02. The van der Waals surface area contributed by atoms with Crippen molar-refractivity contribution < 1.29 is 14.3 Å². The van der Waals surface area contributed by atoms with Crippen LogP contribution in [0.1, 0.15) is 40.7 Å². The molecule has 0 unspecified atom stereocenters. The maximum atomic E-state index is 12.4. The molecule has 5 heteroatoms. The molecule has 26 heavy (non-hydrogen) atoms. The molecular weight excluding hydrogens is 328 g/mol. The zero-order valence-corrected chi connectivity index (χ0v) is 15.0. The van der Waals surface area contributed by atoms with Crippen LogP contribution in [0, 0.1) is 5.92 Å². The first-order valence-electron chi connectivity index (χ1n) is 8.91. The van der Waals surface area contributed by atoms with Crippen LogP contribution < -0.4 is 10.6 Å². The number of hydrogen-bond acceptors (Lipinski definition) is 3. The van der Waals surface area contributed by atoms with Crippen LogP contribution in [0.4, 0.5) is 5.69 Å². The van der Waals surface area contributed by atoms with E-state index in [1.54, 1.807) is 13.2 Å². The summed E-state index contributed by atoms with van der Waals surface area (Å²) < 4.78 is 5.10. The fourth-order valence-electron chi connectivity index (χ4n) is 2.93. The van der Waals surface area contributed by atoms with Gasteiger partial charge in [0.2, 0.25) is 5.91 Å². The summed E-state index contributed by atoms with van der Waals surface area (Å²) >= 11 is 0. The minimum absolute atomic E-state index is 0.0902. The maximum Gasteiger partial charge on any atom is 0.251 e. The van der Waals surface area contributed by atoms with Crippen LogP contribution in [0.3, 0.4) is 0 Å². The molecule has 0 aromatic heterocycles. The van der Waals surface area contributed by atoms with Gasteiger partial charge >= 0.3 is 0 Å². The SMILES string of the molecule is COCc1cccc(C(=O)NCc2cccc(NC(=O)C3CCC3)c2)c1. The van der Waals surface area contributed by atoms with Crippen LogP contribution >= 0.6 is 0 Å². The van der Waals surface area contributed by atoms with Crippen molar-refractivity contribution in [1.29, 1.82) is 0 Å². The highest BCUT2D eigenvalue weighted by Crippen LogP contribution is 2.27. The number of carbonyl (C=O) groups excluding carboxylic acids is 2. The van der Waals surface area contributed by atoms with Crippen molar-refractivity contribution >= 4 is 17.5 Å². The lowest BCUT2D eigenvalue weighted by Crippen LogP contribution is -2.28. The third-order valence-electron chi connectivity index (χ3n) is 4.62. The average molecular weight is 352 g/mol. The first-order chi connectivity index (χ1) is 12.7. The molecule has 0 radical (unpaired) electrons. The minimum atomic E-state index is -0.133. The van der Waals surface area contributed by atoms with E-state index in [9.17, 15) is 9.59 Å². The molecule has 136 valence electrons. The molecule has 2 aromatic rings. The smallest absolute Gasteiger partial charge is 0.251 e. The number of benzene rings is 2. The van der Waals surface area contributed by atoms with Crippen molar-refractivity contribution in [3.63, 3.8) is 0 Å². The molecule has 2 amide bonds. The Hall–Kier alpha value is -2.66. The number of nitrogens with one attached hydrogen (secondary N) is 2. The molecule has 0 spiro atoms. The Morgan fingerprint density at radius 3 is 2.58 bits per heavy atom. The Morgan fingerprint density at radius 1 is 1.08 bits per heavy atom. The fraction of sp³-hybridized carbons (Fsp3) is 0.333. The van der Waals surface area contributed by atoms with Crippen molar-refractivity contribution in [3.05, 3.63) is 65.2 Å². The molecule has 5 nitrogen and oxygen atoms in total. The topological polar surface area (TPSA) is 67.4 Å². The normalized spacial score (nSPS) is 13.7. The second-order valence-corrected chi connectivity index (χ2v) is 6.63. The molecule has 3 rings (SSSR count). The van der Waals surface area contributed by atoms with Crippen LogP contribution in [-0.2, 0) is 22.7 Å². The van der Waals surface area contributed by atoms with Gasteiger partial charge in [0.1, 0.15) is 0 Å². The summed E-state index contributed by atoms with van der Waals surface area (Å²) in [7, 11) is 1.63. The van der Waals surface area contributed by atoms with Crippen molar-refractivity contribution in [1.82, 2.24) is 5.32 Å². The fourth-order valence-corrected chi connectivity index (χ4v) is 2.93. The van der Waals surface area contributed by atoms with Gasteiger partial charge in [0.15, 0.2) is 0 Å². The summed E-state index contributed by atoms with van der Waals surface area (Å²) in [6.07, 6.45) is 3.09. The third-order valence-corrected chi connectivity index (χ3v) is 4.62. The van der Waals surface area contributed by atoms with Crippen molar-refractivity contribution in [2.45, 2.75) is 32.4 Å². The van der Waals surface area contributed by atoms with Gasteiger partial charge in [-0.2, -0.15) is 0 Å². The van der Waals surface area contributed by atoms with Gasteiger partial charge in [0, 0.05) is 30.8 Å². The molecule has 0 aliphatic heterocycles. The van der Waals surface area contributed by atoms with Gasteiger partial charge in [-0.1, -0.05) is 30.7 Å². The monoisotopic (exact) mass is 352 g/mol. The highest BCUT2D eigenvalue weighted by atomic mass is 16.5. The van der Waals surface area contributed by atoms with Gasteiger partial charge in [-0.15, -0.1) is 0 Å². The molecule has 1 aliphatic rings. The molecule has 1 saturated carbocycles. The van der Waals surface area contributed by atoms with Crippen molar-refractivity contribution in [3.8, 4) is 0 Å². The van der Waals surface area contributed by atoms with Gasteiger partial charge in [0.25, 0.3) is 5.91 Å². The van der Waals surface area contributed by atoms with E-state index in [4.69, 9.17) is 4.74 Å². The predicted molar refractivity (Wildman–Crippen MR) is 101 cm³/mol. The predicted octanol–water partition coefficient (Wildman–Crippen LogP) is 3.50. The largest absolute Gasteiger partial charge is 0.380 e. The van der Waals surface area contributed by atoms with Crippen molar-refractivity contribution in [2.75, 3.05) is 12.4 Å². The van der Waals surface area contributed by atoms with Gasteiger partial charge in [-0.25, -0.2) is 0 Å². The average Bonchev–Trinajstić information content (AvgIpc) is 2.59. The Labute approximate surface area is 153 Å². The Balaban J connectivity index is 1.57. The van der Waals surface area contributed by atoms with Gasteiger partial charge in [-0.05, 0) is 48.2 Å². The lowest BCUT2D eigenvalue weighted by molar-refractivity contribution is -0.122. The van der Waals surface area contributed by atoms with E-state index in [2.05, 4.69) is 10.6 Å². The molecule has 2 N–H and O–H groups in total. The van der Waals surface area contributed by atoms with Gasteiger partial charge in [0.05, 0.1) is 6.61 Å². The van der Waals surface area contributed by atoms with Gasteiger partial charge in [-0.3, -0.25) is 9.59 Å². The number of anilines is 1. The summed E-state index contributed by atoms with van der Waals surface area (Å²) in [5, 5.41) is 5.88. The number of carbonyl (C=O) groups is 2. The summed E-state index contributed by atoms with van der Waals surface area (Å²) in [4.78, 5) is 24.4. The molecule has 1 aliphatic carbocycles. The summed E-state index contributed by atoms with van der Waals surface area (Å²) in [6.45, 7) is 0.879. The van der Waals surface area contributed by atoms with Crippen LogP contribution in [0.5, 0.6) is 0 Å². The lowest BCUT2D eigenvalue weighted by atomic mass is 9.85. The standard InChI is InChI=1S/C21H24N2O3/c1-26-14-16-6-2-9-18(11-16)20(24)22-13-15-5-3-10-19(12-15)23-21(25)17-7-4-8-17/h2-3,5-6,9-12,17H,4,7-8,13-14H2,1H3,(H,22,24)(H,23,25). The quantitative estimate of drug-likeness (QED) is 0.801. The number of rotatable bonds is 7. The molecular formula is C21H24N2O3. The summed E-state index contributed by atoms with van der Waals surface area (Å²) in [5.74, 6) is 0.108. The van der Waals surface area contributed by atoms with E-state index in [0.717, 1.165) is 36.1 Å². The Morgan fingerprint density at radius 2 is 1.85 bits per heavy atom. The number of ether oxygens (including phenoxy) is 1. The van der Waals surface area contributed by atoms with Crippen LogP contribution in [-0.4, -0.2) is 18.9 Å². The second-order valence-electron chi connectivity index (χ2n) is 6.63. The number of hydrogen-bond donors (Lipinski definition) is 2. The van der Waals surface area contributed by atoms with E-state index in [0.29, 0.717) is 18.7 Å². The Bertz CT molecular complexity index is 784. The zero-order valence-electron chi connectivity index (χ0n) is 15.0. The second kappa shape index (κ2) is 8.63. The van der Waals surface area contributed by atoms with E-state index < -0.39 is 0 Å². The first-order valence-corrected chi connectivity index (χ1v) is 8.91. The van der Waals surface area contributed by atoms with Crippen molar-refractivity contribution in [2.24, 2.45) is 5.92 Å². The molecule has 1 fully saturated rings. The number of amides is 2. The van der Waals surface area contributed by atoms with E-state index in [1.807, 2.05) is 42.5 Å². The van der Waals surface area contributed by atoms with Crippen LogP contribution in [0.15, 0.2) is 48.5 Å². The van der Waals surface area contributed by atoms with E-state index >= 15 is 0 Å². The molecule has 2 aromatic carbocycles. The minimum Gasteiger partial charge on any atom is -0.380 e. The van der Waals surface area contributed by atoms with E-state index in [-0.39, 0.29) is 17.7 Å². The molecule has 0 saturated heterocycles. The van der Waals surface area contributed by atoms with Crippen LogP contribution in [0.2, 0.25) is 0 Å². The highest BCUT2D eigenvalue weighted by Gasteiger charge is 2.25. The number of methoxy groups -OCH3 is 1. The summed E-state index contributed by atoms with van der Waals surface area (Å²) in [6, 6.07) is 15.0. The maximum absolute atomic E-state index is 12.4.